The van der Waals surface area contributed by atoms with Gasteiger partial charge in [-0.1, -0.05) is 18.8 Å². The van der Waals surface area contributed by atoms with Crippen LogP contribution in [-0.4, -0.2) is 23.7 Å². The molecule has 1 aliphatic carbocycles. The summed E-state index contributed by atoms with van der Waals surface area (Å²) < 4.78 is 0. The molecule has 0 radical (unpaired) electrons. The van der Waals surface area contributed by atoms with Gasteiger partial charge in [-0.3, -0.25) is 4.79 Å². The smallest absolute Gasteiger partial charge is 0.252 e. The number of rotatable bonds is 2. The van der Waals surface area contributed by atoms with Crippen LogP contribution in [0.3, 0.4) is 0 Å². The van der Waals surface area contributed by atoms with Crippen molar-refractivity contribution < 1.29 is 9.90 Å². The molecule has 0 aromatic carbocycles. The minimum absolute atomic E-state index is 0.00662. The van der Waals surface area contributed by atoms with Crippen molar-refractivity contribution in [3.05, 3.63) is 21.9 Å². The molecule has 0 spiro atoms. The summed E-state index contributed by atoms with van der Waals surface area (Å²) >= 11 is 1.43. The maximum absolute atomic E-state index is 12.1. The summed E-state index contributed by atoms with van der Waals surface area (Å²) in [5.41, 5.74) is 0.672. The summed E-state index contributed by atoms with van der Waals surface area (Å²) in [7, 11) is 0. The standard InChI is InChI=1S/C15H19NO2S/c1-11-4-6-13(7-5-11)16-15(18)12-9-14(19-10-12)3-2-8-17/h9-11,13,17H,4-8H2,1H3,(H,16,18). The molecule has 19 heavy (non-hydrogen) atoms. The molecule has 1 fully saturated rings. The van der Waals surface area contributed by atoms with Crippen LogP contribution in [0.1, 0.15) is 47.8 Å². The summed E-state index contributed by atoms with van der Waals surface area (Å²) in [6.45, 7) is 2.11. The molecule has 4 heteroatoms. The van der Waals surface area contributed by atoms with Gasteiger partial charge in [0.2, 0.25) is 0 Å². The summed E-state index contributed by atoms with van der Waals surface area (Å²) in [6, 6.07) is 2.10. The Balaban J connectivity index is 1.91. The van der Waals surface area contributed by atoms with Gasteiger partial charge in [-0.05, 0) is 37.7 Å². The molecular formula is C15H19NO2S. The first-order chi connectivity index (χ1) is 9.19. The largest absolute Gasteiger partial charge is 0.384 e. The average Bonchev–Trinajstić information content (AvgIpc) is 2.88. The number of carbonyl (C=O) groups excluding carboxylic acids is 1. The van der Waals surface area contributed by atoms with E-state index in [2.05, 4.69) is 24.1 Å². The Labute approximate surface area is 118 Å². The Morgan fingerprint density at radius 2 is 2.21 bits per heavy atom. The topological polar surface area (TPSA) is 49.3 Å². The highest BCUT2D eigenvalue weighted by Gasteiger charge is 2.20. The van der Waals surface area contributed by atoms with Gasteiger partial charge >= 0.3 is 0 Å². The molecular weight excluding hydrogens is 258 g/mol. The van der Waals surface area contributed by atoms with E-state index in [0.29, 0.717) is 11.6 Å². The van der Waals surface area contributed by atoms with E-state index >= 15 is 0 Å². The molecule has 1 aromatic heterocycles. The number of aliphatic hydroxyl groups is 1. The van der Waals surface area contributed by atoms with Crippen LogP contribution in [0.5, 0.6) is 0 Å². The van der Waals surface area contributed by atoms with E-state index in [1.807, 2.05) is 5.38 Å². The maximum Gasteiger partial charge on any atom is 0.252 e. The van der Waals surface area contributed by atoms with E-state index in [4.69, 9.17) is 5.11 Å². The van der Waals surface area contributed by atoms with Gasteiger partial charge in [0.25, 0.3) is 5.91 Å². The zero-order valence-electron chi connectivity index (χ0n) is 11.1. The first-order valence-electron chi connectivity index (χ1n) is 6.68. The van der Waals surface area contributed by atoms with Crippen molar-refractivity contribution >= 4 is 17.2 Å². The molecule has 0 saturated heterocycles. The lowest BCUT2D eigenvalue weighted by Gasteiger charge is -2.26. The number of amides is 1. The van der Waals surface area contributed by atoms with Gasteiger partial charge in [0.1, 0.15) is 6.61 Å². The van der Waals surface area contributed by atoms with Crippen LogP contribution in [0.4, 0.5) is 0 Å². The lowest BCUT2D eigenvalue weighted by Crippen LogP contribution is -2.37. The molecule has 1 saturated carbocycles. The number of thiophene rings is 1. The maximum atomic E-state index is 12.1. The molecule has 1 heterocycles. The minimum atomic E-state index is -0.153. The van der Waals surface area contributed by atoms with Crippen molar-refractivity contribution in [3.8, 4) is 11.8 Å². The number of hydrogen-bond acceptors (Lipinski definition) is 3. The minimum Gasteiger partial charge on any atom is -0.384 e. The van der Waals surface area contributed by atoms with Crippen molar-refractivity contribution in [2.24, 2.45) is 5.92 Å². The van der Waals surface area contributed by atoms with E-state index < -0.39 is 0 Å². The normalized spacial score (nSPS) is 22.4. The lowest BCUT2D eigenvalue weighted by molar-refractivity contribution is 0.0923. The van der Waals surface area contributed by atoms with Crippen LogP contribution in [0.2, 0.25) is 0 Å². The molecule has 0 atom stereocenters. The fourth-order valence-electron chi connectivity index (χ4n) is 2.32. The van der Waals surface area contributed by atoms with E-state index in [-0.39, 0.29) is 12.5 Å². The molecule has 1 amide bonds. The molecule has 1 aromatic rings. The van der Waals surface area contributed by atoms with Crippen LogP contribution in [0.25, 0.3) is 0 Å². The summed E-state index contributed by atoms with van der Waals surface area (Å²) in [4.78, 5) is 12.9. The third kappa shape index (κ3) is 4.09. The van der Waals surface area contributed by atoms with Gasteiger partial charge in [-0.25, -0.2) is 0 Å². The molecule has 0 unspecified atom stereocenters. The van der Waals surface area contributed by atoms with Gasteiger partial charge in [-0.15, -0.1) is 11.3 Å². The monoisotopic (exact) mass is 277 g/mol. The average molecular weight is 277 g/mol. The number of carbonyl (C=O) groups is 1. The van der Waals surface area contributed by atoms with Gasteiger partial charge in [-0.2, -0.15) is 0 Å². The molecule has 102 valence electrons. The van der Waals surface area contributed by atoms with E-state index in [1.54, 1.807) is 6.07 Å². The summed E-state index contributed by atoms with van der Waals surface area (Å²) in [6.07, 6.45) is 4.55. The van der Waals surface area contributed by atoms with Gasteiger partial charge in [0, 0.05) is 11.4 Å². The van der Waals surface area contributed by atoms with Crippen molar-refractivity contribution in [3.63, 3.8) is 0 Å². The Morgan fingerprint density at radius 1 is 1.47 bits per heavy atom. The highest BCUT2D eigenvalue weighted by Crippen LogP contribution is 2.24. The van der Waals surface area contributed by atoms with Gasteiger partial charge < -0.3 is 10.4 Å². The fraction of sp³-hybridized carbons (Fsp3) is 0.533. The Kier molecular flexibility index (Phi) is 5.00. The fourth-order valence-corrected chi connectivity index (χ4v) is 3.08. The SMILES string of the molecule is CC1CCC(NC(=O)c2csc(C#CCO)c2)CC1. The lowest BCUT2D eigenvalue weighted by atomic mass is 9.87. The molecule has 2 rings (SSSR count). The quantitative estimate of drug-likeness (QED) is 0.816. The molecule has 2 N–H and O–H groups in total. The molecule has 0 aliphatic heterocycles. The van der Waals surface area contributed by atoms with Crippen molar-refractivity contribution in [1.82, 2.24) is 5.32 Å². The van der Waals surface area contributed by atoms with Gasteiger partial charge in [0.05, 0.1) is 10.4 Å². The van der Waals surface area contributed by atoms with Crippen LogP contribution in [0, 0.1) is 17.8 Å². The highest BCUT2D eigenvalue weighted by atomic mass is 32.1. The predicted molar refractivity (Wildman–Crippen MR) is 77.2 cm³/mol. The highest BCUT2D eigenvalue weighted by molar-refractivity contribution is 7.10. The second kappa shape index (κ2) is 6.74. The number of nitrogens with one attached hydrogen (secondary N) is 1. The molecule has 1 aliphatic rings. The second-order valence-electron chi connectivity index (χ2n) is 5.09. The van der Waals surface area contributed by atoms with Crippen molar-refractivity contribution in [2.75, 3.05) is 6.61 Å². The predicted octanol–water partition coefficient (Wildman–Crippen LogP) is 2.40. The van der Waals surface area contributed by atoms with Gasteiger partial charge in [0.15, 0.2) is 0 Å². The van der Waals surface area contributed by atoms with Crippen LogP contribution < -0.4 is 5.32 Å². The van der Waals surface area contributed by atoms with Crippen molar-refractivity contribution in [1.29, 1.82) is 0 Å². The molecule has 0 bridgehead atoms. The number of aliphatic hydroxyl groups excluding tert-OH is 1. The third-order valence-electron chi connectivity index (χ3n) is 3.50. The van der Waals surface area contributed by atoms with E-state index in [1.165, 1.54) is 24.2 Å². The Bertz CT molecular complexity index is 490. The zero-order chi connectivity index (χ0) is 13.7. The Hall–Kier alpha value is -1.31. The zero-order valence-corrected chi connectivity index (χ0v) is 11.9. The van der Waals surface area contributed by atoms with Crippen LogP contribution >= 0.6 is 11.3 Å². The Morgan fingerprint density at radius 3 is 2.89 bits per heavy atom. The van der Waals surface area contributed by atoms with Crippen LogP contribution in [0.15, 0.2) is 11.4 Å². The third-order valence-corrected chi connectivity index (χ3v) is 4.35. The van der Waals surface area contributed by atoms with Crippen molar-refractivity contribution in [2.45, 2.75) is 38.6 Å². The van der Waals surface area contributed by atoms with E-state index in [0.717, 1.165) is 23.6 Å². The van der Waals surface area contributed by atoms with Crippen LogP contribution in [-0.2, 0) is 0 Å². The number of hydrogen-bond donors (Lipinski definition) is 2. The summed E-state index contributed by atoms with van der Waals surface area (Å²) in [5, 5.41) is 13.5. The van der Waals surface area contributed by atoms with E-state index in [9.17, 15) is 4.79 Å². The summed E-state index contributed by atoms with van der Waals surface area (Å²) in [5.74, 6) is 6.18. The second-order valence-corrected chi connectivity index (χ2v) is 6.00. The first-order valence-corrected chi connectivity index (χ1v) is 7.56. The first kappa shape index (κ1) is 14.1. The molecule has 3 nitrogen and oxygen atoms in total.